The lowest BCUT2D eigenvalue weighted by atomic mass is 9.87. The van der Waals surface area contributed by atoms with E-state index in [0.717, 1.165) is 19.3 Å². The smallest absolute Gasteiger partial charge is 0.292 e. The molecule has 0 spiro atoms. The number of amides is 1. The molecule has 1 amide bonds. The maximum absolute atomic E-state index is 12.9. The topological polar surface area (TPSA) is 75.5 Å². The molecule has 1 heterocycles. The van der Waals surface area contributed by atoms with E-state index in [-0.39, 0.29) is 28.5 Å². The molecule has 1 N–H and O–H groups in total. The van der Waals surface area contributed by atoms with Gasteiger partial charge in [0.2, 0.25) is 5.91 Å². The van der Waals surface area contributed by atoms with Crippen molar-refractivity contribution in [2.45, 2.75) is 38.1 Å². The van der Waals surface area contributed by atoms with Gasteiger partial charge in [-0.25, -0.2) is 0 Å². The van der Waals surface area contributed by atoms with Gasteiger partial charge in [0.15, 0.2) is 0 Å². The summed E-state index contributed by atoms with van der Waals surface area (Å²) in [6.45, 7) is 1.31. The van der Waals surface area contributed by atoms with Crippen molar-refractivity contribution < 1.29 is 9.72 Å². The number of piperidine rings is 1. The zero-order chi connectivity index (χ0) is 19.5. The van der Waals surface area contributed by atoms with E-state index in [0.29, 0.717) is 31.6 Å². The molecule has 0 radical (unpaired) electrons. The number of hydrogen-bond donors (Lipinski definition) is 1. The van der Waals surface area contributed by atoms with Gasteiger partial charge < -0.3 is 10.2 Å². The van der Waals surface area contributed by atoms with Gasteiger partial charge in [0.25, 0.3) is 5.69 Å². The largest absolute Gasteiger partial charge is 0.366 e. The second kappa shape index (κ2) is 8.00. The van der Waals surface area contributed by atoms with Gasteiger partial charge in [0, 0.05) is 25.1 Å². The average molecular weight is 379 g/mol. The number of anilines is 1. The van der Waals surface area contributed by atoms with Crippen LogP contribution < -0.4 is 10.2 Å². The molecule has 2 aliphatic rings. The molecule has 6 nitrogen and oxygen atoms in total. The Kier molecular flexibility index (Phi) is 5.28. The lowest BCUT2D eigenvalue weighted by Gasteiger charge is -2.34. The predicted molar refractivity (Wildman–Crippen MR) is 108 cm³/mol. The van der Waals surface area contributed by atoms with Gasteiger partial charge in [-0.2, -0.15) is 0 Å². The van der Waals surface area contributed by atoms with E-state index < -0.39 is 0 Å². The Morgan fingerprint density at radius 3 is 2.54 bits per heavy atom. The van der Waals surface area contributed by atoms with Crippen molar-refractivity contribution in [3.8, 4) is 0 Å². The summed E-state index contributed by atoms with van der Waals surface area (Å²) in [4.78, 5) is 25.8. The molecule has 1 aliphatic heterocycles. The van der Waals surface area contributed by atoms with Gasteiger partial charge >= 0.3 is 0 Å². The van der Waals surface area contributed by atoms with E-state index in [1.54, 1.807) is 12.1 Å². The lowest BCUT2D eigenvalue weighted by molar-refractivity contribution is -0.384. The Bertz CT molecular complexity index is 875. The second-order valence-corrected chi connectivity index (χ2v) is 7.66. The molecule has 146 valence electrons. The van der Waals surface area contributed by atoms with Gasteiger partial charge in [-0.05, 0) is 49.3 Å². The second-order valence-electron chi connectivity index (χ2n) is 7.66. The van der Waals surface area contributed by atoms with Crippen LogP contribution in [0.4, 0.5) is 11.4 Å². The Morgan fingerprint density at radius 1 is 1.04 bits per heavy atom. The van der Waals surface area contributed by atoms with E-state index in [1.807, 2.05) is 17.0 Å². The fourth-order valence-corrected chi connectivity index (χ4v) is 4.46. The Hall–Kier alpha value is -2.89. The SMILES string of the molecule is O=C(N[C@@H]1CCCc2ccccc21)C1CCN(c2ccccc2[N+](=O)[O-])CC1. The third-order valence-electron chi connectivity index (χ3n) is 5.97. The van der Waals surface area contributed by atoms with E-state index in [2.05, 4.69) is 23.5 Å². The van der Waals surface area contributed by atoms with Gasteiger partial charge in [0.1, 0.15) is 5.69 Å². The van der Waals surface area contributed by atoms with Crippen molar-refractivity contribution in [1.82, 2.24) is 5.32 Å². The molecule has 0 aromatic heterocycles. The van der Waals surface area contributed by atoms with Gasteiger partial charge in [-0.15, -0.1) is 0 Å². The fourth-order valence-electron chi connectivity index (χ4n) is 4.46. The summed E-state index contributed by atoms with van der Waals surface area (Å²) < 4.78 is 0. The number of rotatable bonds is 4. The highest BCUT2D eigenvalue weighted by Crippen LogP contribution is 2.33. The van der Waals surface area contributed by atoms with Crippen LogP contribution in [0, 0.1) is 16.0 Å². The molecule has 1 atom stereocenters. The number of benzene rings is 2. The zero-order valence-corrected chi connectivity index (χ0v) is 15.8. The standard InChI is InChI=1S/C22H25N3O3/c26-22(23-19-9-5-7-16-6-1-2-8-18(16)19)17-12-14-24(15-13-17)20-10-3-4-11-21(20)25(27)28/h1-4,6,8,10-11,17,19H,5,7,9,12-15H2,(H,23,26)/t19-/m1/s1. The van der Waals surface area contributed by atoms with Crippen molar-refractivity contribution in [3.63, 3.8) is 0 Å². The number of hydrogen-bond acceptors (Lipinski definition) is 4. The number of nitrogens with one attached hydrogen (secondary N) is 1. The number of fused-ring (bicyclic) bond motifs is 1. The third-order valence-corrected chi connectivity index (χ3v) is 5.97. The minimum atomic E-state index is -0.339. The summed E-state index contributed by atoms with van der Waals surface area (Å²) in [6.07, 6.45) is 4.59. The zero-order valence-electron chi connectivity index (χ0n) is 15.8. The fraction of sp³-hybridized carbons (Fsp3) is 0.409. The third kappa shape index (κ3) is 3.72. The summed E-state index contributed by atoms with van der Waals surface area (Å²) in [5.74, 6) is 0.0806. The van der Waals surface area contributed by atoms with Crippen LogP contribution in [-0.4, -0.2) is 23.9 Å². The van der Waals surface area contributed by atoms with Crippen molar-refractivity contribution >= 4 is 17.3 Å². The van der Waals surface area contributed by atoms with Gasteiger partial charge in [-0.3, -0.25) is 14.9 Å². The molecule has 28 heavy (non-hydrogen) atoms. The number of aryl methyl sites for hydroxylation is 1. The van der Waals surface area contributed by atoms with E-state index in [4.69, 9.17) is 0 Å². The quantitative estimate of drug-likeness (QED) is 0.643. The first-order chi connectivity index (χ1) is 13.6. The molecule has 0 saturated carbocycles. The number of nitro benzene ring substituents is 1. The number of nitrogens with zero attached hydrogens (tertiary/aromatic N) is 2. The molecule has 1 saturated heterocycles. The van der Waals surface area contributed by atoms with Crippen LogP contribution in [0.5, 0.6) is 0 Å². The molecular weight excluding hydrogens is 354 g/mol. The van der Waals surface area contributed by atoms with E-state index >= 15 is 0 Å². The average Bonchev–Trinajstić information content (AvgIpc) is 2.74. The van der Waals surface area contributed by atoms with Crippen LogP contribution in [0.15, 0.2) is 48.5 Å². The normalized spacial score (nSPS) is 19.7. The molecule has 2 aromatic carbocycles. The van der Waals surface area contributed by atoms with Crippen molar-refractivity contribution in [2.24, 2.45) is 5.92 Å². The minimum absolute atomic E-state index is 0.0342. The summed E-state index contributed by atoms with van der Waals surface area (Å²) in [7, 11) is 0. The molecule has 0 bridgehead atoms. The summed E-state index contributed by atoms with van der Waals surface area (Å²) >= 11 is 0. The first-order valence-corrected chi connectivity index (χ1v) is 10.00. The highest BCUT2D eigenvalue weighted by atomic mass is 16.6. The van der Waals surface area contributed by atoms with Crippen LogP contribution in [0.3, 0.4) is 0 Å². The Balaban J connectivity index is 1.38. The van der Waals surface area contributed by atoms with Gasteiger partial charge in [0.05, 0.1) is 11.0 Å². The monoisotopic (exact) mass is 379 g/mol. The minimum Gasteiger partial charge on any atom is -0.366 e. The molecule has 4 rings (SSSR count). The van der Waals surface area contributed by atoms with E-state index in [9.17, 15) is 14.9 Å². The van der Waals surface area contributed by atoms with Crippen molar-refractivity contribution in [1.29, 1.82) is 0 Å². The lowest BCUT2D eigenvalue weighted by Crippen LogP contribution is -2.42. The van der Waals surface area contributed by atoms with Crippen LogP contribution in [0.1, 0.15) is 42.9 Å². The maximum atomic E-state index is 12.9. The van der Waals surface area contributed by atoms with Gasteiger partial charge in [-0.1, -0.05) is 36.4 Å². The molecule has 1 fully saturated rings. The summed E-state index contributed by atoms with van der Waals surface area (Å²) in [5, 5.41) is 14.5. The number of nitro groups is 1. The van der Waals surface area contributed by atoms with Crippen molar-refractivity contribution in [3.05, 3.63) is 69.8 Å². The van der Waals surface area contributed by atoms with Crippen LogP contribution >= 0.6 is 0 Å². The molecular formula is C22H25N3O3. The number of carbonyl (C=O) groups excluding carboxylic acids is 1. The molecule has 2 aromatic rings. The first kappa shape index (κ1) is 18.5. The van der Waals surface area contributed by atoms with Crippen LogP contribution in [-0.2, 0) is 11.2 Å². The first-order valence-electron chi connectivity index (χ1n) is 10.00. The molecule has 0 unspecified atom stereocenters. The Labute approximate surface area is 164 Å². The maximum Gasteiger partial charge on any atom is 0.292 e. The van der Waals surface area contributed by atoms with Crippen molar-refractivity contribution in [2.75, 3.05) is 18.0 Å². The van der Waals surface area contributed by atoms with E-state index in [1.165, 1.54) is 17.2 Å². The predicted octanol–water partition coefficient (Wildman–Crippen LogP) is 4.01. The van der Waals surface area contributed by atoms with Crippen LogP contribution in [0.25, 0.3) is 0 Å². The number of carbonyl (C=O) groups is 1. The summed E-state index contributed by atoms with van der Waals surface area (Å²) in [5.41, 5.74) is 3.36. The molecule has 6 heteroatoms. The molecule has 1 aliphatic carbocycles. The summed E-state index contributed by atoms with van der Waals surface area (Å²) in [6, 6.07) is 15.3. The Morgan fingerprint density at radius 2 is 1.75 bits per heavy atom. The highest BCUT2D eigenvalue weighted by Gasteiger charge is 2.30. The number of para-hydroxylation sites is 2. The highest BCUT2D eigenvalue weighted by molar-refractivity contribution is 5.79. The van der Waals surface area contributed by atoms with Crippen LogP contribution in [0.2, 0.25) is 0 Å².